The molecule has 60 heavy (non-hydrogen) atoms. The summed E-state index contributed by atoms with van der Waals surface area (Å²) in [5.74, 6) is -0.854. The number of carbonyl (C=O) groups excluding carboxylic acids is 2. The molecule has 0 radical (unpaired) electrons. The summed E-state index contributed by atoms with van der Waals surface area (Å²) >= 11 is 13.3. The second kappa shape index (κ2) is 14.8. The van der Waals surface area contributed by atoms with Crippen LogP contribution in [0.4, 0.5) is 22.7 Å². The van der Waals surface area contributed by atoms with Crippen LogP contribution in [-0.4, -0.2) is 50.7 Å². The molecule has 0 aliphatic rings. The number of para-hydroxylation sites is 4. The number of hydrogen-bond donors (Lipinski definition) is 2. The highest BCUT2D eigenvalue weighted by atomic mass is 35.5. The van der Waals surface area contributed by atoms with Crippen LogP contribution in [0.25, 0.3) is 55.9 Å². The van der Waals surface area contributed by atoms with Gasteiger partial charge in [-0.25, -0.2) is 9.97 Å². The van der Waals surface area contributed by atoms with Gasteiger partial charge in [0.15, 0.2) is 22.9 Å². The van der Waals surface area contributed by atoms with Gasteiger partial charge >= 0.3 is 0 Å². The van der Waals surface area contributed by atoms with Gasteiger partial charge in [0.2, 0.25) is 11.8 Å². The van der Waals surface area contributed by atoms with E-state index in [0.717, 1.165) is 0 Å². The maximum Gasteiger partial charge on any atom is 0.226 e. The number of azo groups is 2. The number of ketones is 2. The Morgan fingerprint density at radius 2 is 0.967 bits per heavy atom. The van der Waals surface area contributed by atoms with Gasteiger partial charge in [-0.2, -0.15) is 0 Å². The Hall–Kier alpha value is -7.42. The van der Waals surface area contributed by atoms with Crippen molar-refractivity contribution < 1.29 is 19.8 Å². The predicted molar refractivity (Wildman–Crippen MR) is 229 cm³/mol. The summed E-state index contributed by atoms with van der Waals surface area (Å²) in [5, 5.41) is 49.4. The van der Waals surface area contributed by atoms with Crippen LogP contribution in [0.3, 0.4) is 0 Å². The molecule has 0 amide bonds. The Labute approximate surface area is 350 Å². The molecule has 2 N–H and O–H groups in total. The summed E-state index contributed by atoms with van der Waals surface area (Å²) in [5.41, 5.74) is 8.03. The molecule has 0 bridgehead atoms. The molecule has 5 aromatic heterocycles. The fourth-order valence-electron chi connectivity index (χ4n) is 7.36. The maximum atomic E-state index is 12.7. The van der Waals surface area contributed by atoms with Gasteiger partial charge in [0.1, 0.15) is 22.7 Å². The average molecular weight is 834 g/mol. The first-order valence-corrected chi connectivity index (χ1v) is 19.2. The Bertz CT molecular complexity index is 3130. The highest BCUT2D eigenvalue weighted by molar-refractivity contribution is 6.33. The molecule has 0 fully saturated rings. The molecule has 4 aromatic carbocycles. The number of rotatable bonds is 8. The zero-order chi connectivity index (χ0) is 42.0. The van der Waals surface area contributed by atoms with Crippen LogP contribution >= 0.6 is 23.2 Å². The van der Waals surface area contributed by atoms with E-state index in [4.69, 9.17) is 23.2 Å². The minimum Gasteiger partial charge on any atom is -0.493 e. The fourth-order valence-corrected chi connectivity index (χ4v) is 7.80. The van der Waals surface area contributed by atoms with Crippen LogP contribution in [0, 0.1) is 13.8 Å². The Balaban J connectivity index is 0.963. The van der Waals surface area contributed by atoms with Gasteiger partial charge in [-0.05, 0) is 99.5 Å². The van der Waals surface area contributed by atoms with E-state index in [1.165, 1.54) is 22.6 Å². The number of aromatic hydroxyl groups is 2. The molecular weight excluding hydrogens is 803 g/mol. The van der Waals surface area contributed by atoms with Crippen molar-refractivity contribution in [2.75, 3.05) is 0 Å². The topological polar surface area (TPSA) is 184 Å². The number of pyridine rings is 2. The SMILES string of the molecule is CC(=O)c1c(C)c(N=Nc2ccc(-c3ccc(-c4ccc(N=Nc5c(C)c(C(C)=O)c6nc7ccccc7n6c5O)c(Cl)c4)nn3)cc2Cl)c(O)n2c1nc1ccccc12. The number of nitrogens with zero attached hydrogens (tertiary/aromatic N) is 10. The van der Waals surface area contributed by atoms with Crippen molar-refractivity contribution in [3.05, 3.63) is 129 Å². The summed E-state index contributed by atoms with van der Waals surface area (Å²) in [6.45, 7) is 6.27. The van der Waals surface area contributed by atoms with E-state index < -0.39 is 0 Å². The number of hydrogen-bond acceptors (Lipinski definition) is 12. The Kier molecular flexibility index (Phi) is 9.37. The fraction of sp³-hybridized carbons (Fsp3) is 0.0909. The lowest BCUT2D eigenvalue weighted by atomic mass is 10.1. The third-order valence-corrected chi connectivity index (χ3v) is 10.9. The number of Topliss-reactive ketones (excluding diaryl/α,β-unsaturated/α-hetero) is 2. The number of imidazole rings is 2. The van der Waals surface area contributed by atoms with Crippen molar-refractivity contribution in [1.82, 2.24) is 29.0 Å². The molecule has 294 valence electrons. The molecule has 0 saturated carbocycles. The molecule has 5 heterocycles. The van der Waals surface area contributed by atoms with E-state index in [1.54, 1.807) is 86.6 Å². The second-order valence-electron chi connectivity index (χ2n) is 14.0. The van der Waals surface area contributed by atoms with Gasteiger partial charge in [0, 0.05) is 11.1 Å². The first-order valence-electron chi connectivity index (χ1n) is 18.5. The summed E-state index contributed by atoms with van der Waals surface area (Å²) < 4.78 is 3.00. The van der Waals surface area contributed by atoms with Gasteiger partial charge in [-0.3, -0.25) is 18.4 Å². The number of carbonyl (C=O) groups is 2. The summed E-state index contributed by atoms with van der Waals surface area (Å²) in [4.78, 5) is 34.7. The zero-order valence-electron chi connectivity index (χ0n) is 32.2. The van der Waals surface area contributed by atoms with Crippen molar-refractivity contribution >= 4 is 90.9 Å². The van der Waals surface area contributed by atoms with E-state index in [-0.39, 0.29) is 44.7 Å². The lowest BCUT2D eigenvalue weighted by Crippen LogP contribution is -2.03. The first kappa shape index (κ1) is 38.1. The molecule has 9 rings (SSSR count). The van der Waals surface area contributed by atoms with E-state index in [1.807, 2.05) is 24.3 Å². The molecular formula is C44H30Cl2N10O4. The van der Waals surface area contributed by atoms with Crippen LogP contribution < -0.4 is 0 Å². The van der Waals surface area contributed by atoms with Gasteiger partial charge in [0.05, 0.1) is 54.6 Å². The average Bonchev–Trinajstić information content (AvgIpc) is 3.80. The number of halogens is 2. The minimum absolute atomic E-state index is 0.118. The summed E-state index contributed by atoms with van der Waals surface area (Å²) in [6.07, 6.45) is 0. The lowest BCUT2D eigenvalue weighted by Gasteiger charge is -2.11. The largest absolute Gasteiger partial charge is 0.493 e. The highest BCUT2D eigenvalue weighted by Gasteiger charge is 2.24. The van der Waals surface area contributed by atoms with Crippen molar-refractivity contribution in [2.24, 2.45) is 20.5 Å². The van der Waals surface area contributed by atoms with Crippen LogP contribution in [0.15, 0.2) is 118 Å². The summed E-state index contributed by atoms with van der Waals surface area (Å²) in [7, 11) is 0. The molecule has 0 aliphatic carbocycles. The standard InChI is InChI=1S/C44H30Cl2N10O4/c1-21-37(23(3)57)41-47-33-9-5-7-11-35(33)55(41)43(59)39(21)53-51-31-15-13-25(19-27(31)45)29-17-18-30(50-49-29)26-14-16-32(28(46)20-26)52-54-40-22(2)38(24(4)58)42-48-34-10-6-8-12-36(34)56(42)44(40)60/h5-20,59-60H,1-4H3. The van der Waals surface area contributed by atoms with Crippen LogP contribution in [0.1, 0.15) is 45.7 Å². The predicted octanol–water partition coefficient (Wildman–Crippen LogP) is 12.0. The van der Waals surface area contributed by atoms with Gasteiger partial charge in [0.25, 0.3) is 0 Å². The van der Waals surface area contributed by atoms with E-state index in [0.29, 0.717) is 89.5 Å². The van der Waals surface area contributed by atoms with E-state index >= 15 is 0 Å². The first-order chi connectivity index (χ1) is 28.9. The van der Waals surface area contributed by atoms with Gasteiger partial charge in [-0.15, -0.1) is 30.7 Å². The number of fused-ring (bicyclic) bond motifs is 6. The van der Waals surface area contributed by atoms with Crippen molar-refractivity contribution in [2.45, 2.75) is 27.7 Å². The van der Waals surface area contributed by atoms with Gasteiger partial charge in [-0.1, -0.05) is 59.6 Å². The Morgan fingerprint density at radius 3 is 1.33 bits per heavy atom. The van der Waals surface area contributed by atoms with Gasteiger partial charge < -0.3 is 10.2 Å². The highest BCUT2D eigenvalue weighted by Crippen LogP contribution is 2.42. The van der Waals surface area contributed by atoms with E-state index in [9.17, 15) is 19.8 Å². The summed E-state index contributed by atoms with van der Waals surface area (Å²) in [6, 6.07) is 28.3. The number of benzene rings is 4. The normalized spacial score (nSPS) is 12.0. The third kappa shape index (κ3) is 6.29. The quantitative estimate of drug-likeness (QED) is 0.112. The molecule has 0 atom stereocenters. The van der Waals surface area contributed by atoms with Crippen molar-refractivity contribution in [3.63, 3.8) is 0 Å². The van der Waals surface area contributed by atoms with E-state index in [2.05, 4.69) is 40.6 Å². The molecule has 16 heteroatoms. The zero-order valence-corrected chi connectivity index (χ0v) is 33.7. The van der Waals surface area contributed by atoms with Crippen molar-refractivity contribution in [3.8, 4) is 34.3 Å². The monoisotopic (exact) mass is 832 g/mol. The van der Waals surface area contributed by atoms with Crippen LogP contribution in [0.2, 0.25) is 10.0 Å². The van der Waals surface area contributed by atoms with Crippen LogP contribution in [-0.2, 0) is 0 Å². The van der Waals surface area contributed by atoms with Crippen molar-refractivity contribution in [1.29, 1.82) is 0 Å². The second-order valence-corrected chi connectivity index (χ2v) is 14.8. The van der Waals surface area contributed by atoms with Crippen LogP contribution in [0.5, 0.6) is 11.8 Å². The Morgan fingerprint density at radius 1 is 0.567 bits per heavy atom. The molecule has 0 saturated heterocycles. The maximum absolute atomic E-state index is 12.7. The third-order valence-electron chi connectivity index (χ3n) is 10.2. The molecule has 0 spiro atoms. The molecule has 0 aliphatic heterocycles. The minimum atomic E-state index is -0.224. The lowest BCUT2D eigenvalue weighted by molar-refractivity contribution is 0.100. The smallest absolute Gasteiger partial charge is 0.226 e. The number of aromatic nitrogens is 6. The molecule has 14 nitrogen and oxygen atoms in total. The molecule has 9 aromatic rings. The molecule has 0 unspecified atom stereocenters.